The van der Waals surface area contributed by atoms with E-state index >= 15 is 0 Å². The van der Waals surface area contributed by atoms with Crippen molar-refractivity contribution in [3.63, 3.8) is 0 Å². The normalized spacial score (nSPS) is 19.3. The highest BCUT2D eigenvalue weighted by molar-refractivity contribution is 7.80. The molecule has 1 saturated heterocycles. The van der Waals surface area contributed by atoms with Crippen LogP contribution in [-0.2, 0) is 4.79 Å². The molecule has 0 bridgehead atoms. The van der Waals surface area contributed by atoms with Gasteiger partial charge in [0.15, 0.2) is 0 Å². The van der Waals surface area contributed by atoms with Crippen LogP contribution in [0.2, 0.25) is 0 Å². The molecule has 0 saturated carbocycles. The summed E-state index contributed by atoms with van der Waals surface area (Å²) >= 11 is 4.18. The molecule has 0 aromatic heterocycles. The minimum absolute atomic E-state index is 0.0176. The lowest BCUT2D eigenvalue weighted by atomic mass is 10.1. The minimum Gasteiger partial charge on any atom is -0.478 e. The third-order valence-electron chi connectivity index (χ3n) is 2.96. The second-order valence-corrected chi connectivity index (χ2v) is 4.74. The predicted molar refractivity (Wildman–Crippen MR) is 72.1 cm³/mol. The highest BCUT2D eigenvalue weighted by Gasteiger charge is 2.30. The van der Waals surface area contributed by atoms with E-state index in [9.17, 15) is 9.59 Å². The molecule has 1 unspecified atom stereocenters. The van der Waals surface area contributed by atoms with Crippen molar-refractivity contribution >= 4 is 35.9 Å². The van der Waals surface area contributed by atoms with E-state index in [-0.39, 0.29) is 17.4 Å². The van der Waals surface area contributed by atoms with Crippen LogP contribution in [0.1, 0.15) is 16.8 Å². The van der Waals surface area contributed by atoms with Crippen LogP contribution < -0.4 is 10.6 Å². The molecular formula is C12H14N2O3S. The molecule has 1 aliphatic rings. The number of anilines is 2. The predicted octanol–water partition coefficient (Wildman–Crippen LogP) is 1.25. The number of benzene rings is 1. The molecule has 3 N–H and O–H groups in total. The van der Waals surface area contributed by atoms with Gasteiger partial charge < -0.3 is 15.7 Å². The van der Waals surface area contributed by atoms with Crippen LogP contribution in [0.3, 0.4) is 0 Å². The molecule has 0 radical (unpaired) electrons. The van der Waals surface area contributed by atoms with E-state index in [1.807, 2.05) is 0 Å². The molecule has 1 aliphatic heterocycles. The number of nitrogen functional groups attached to an aromatic ring is 1. The summed E-state index contributed by atoms with van der Waals surface area (Å²) in [5.41, 5.74) is 6.63. The Morgan fingerprint density at radius 1 is 1.50 bits per heavy atom. The van der Waals surface area contributed by atoms with Gasteiger partial charge in [-0.05, 0) is 29.9 Å². The molecule has 1 aromatic rings. The Morgan fingerprint density at radius 2 is 2.22 bits per heavy atom. The summed E-state index contributed by atoms with van der Waals surface area (Å²) in [6.45, 7) is 0.560. The van der Waals surface area contributed by atoms with Crippen molar-refractivity contribution < 1.29 is 14.7 Å². The Bertz CT molecular complexity index is 504. The number of carbonyl (C=O) groups is 2. The zero-order valence-corrected chi connectivity index (χ0v) is 10.6. The summed E-state index contributed by atoms with van der Waals surface area (Å²) in [6.07, 6.45) is 0.445. The summed E-state index contributed by atoms with van der Waals surface area (Å²) in [5, 5.41) is 8.97. The molecule has 1 amide bonds. The van der Waals surface area contributed by atoms with Crippen molar-refractivity contribution in [3.05, 3.63) is 23.8 Å². The summed E-state index contributed by atoms with van der Waals surface area (Å²) < 4.78 is 0. The third-order valence-corrected chi connectivity index (χ3v) is 3.48. The lowest BCUT2D eigenvalue weighted by molar-refractivity contribution is -0.117. The standard InChI is InChI=1S/C12H14N2O3S/c13-9-2-8(12(16)17)3-10(4-9)14-5-7(6-18)1-11(14)15/h2-4,7,18H,1,5-6,13H2,(H,16,17). The van der Waals surface area contributed by atoms with Gasteiger partial charge in [0.1, 0.15) is 0 Å². The lowest BCUT2D eigenvalue weighted by Crippen LogP contribution is -2.25. The van der Waals surface area contributed by atoms with Crippen LogP contribution in [0.15, 0.2) is 18.2 Å². The number of hydrogen-bond donors (Lipinski definition) is 3. The maximum atomic E-state index is 11.8. The number of nitrogens with zero attached hydrogens (tertiary/aromatic N) is 1. The molecule has 1 aromatic carbocycles. The maximum absolute atomic E-state index is 11.8. The van der Waals surface area contributed by atoms with E-state index in [4.69, 9.17) is 10.8 Å². The molecule has 0 spiro atoms. The van der Waals surface area contributed by atoms with Gasteiger partial charge in [-0.1, -0.05) is 0 Å². The van der Waals surface area contributed by atoms with Gasteiger partial charge in [-0.2, -0.15) is 12.6 Å². The van der Waals surface area contributed by atoms with Gasteiger partial charge in [0.05, 0.1) is 5.56 Å². The lowest BCUT2D eigenvalue weighted by Gasteiger charge is -2.17. The summed E-state index contributed by atoms with van der Waals surface area (Å²) in [5.74, 6) is -0.233. The highest BCUT2D eigenvalue weighted by Crippen LogP contribution is 2.28. The van der Waals surface area contributed by atoms with Gasteiger partial charge in [0.25, 0.3) is 0 Å². The number of carboxylic acids is 1. The topological polar surface area (TPSA) is 83.6 Å². The second kappa shape index (κ2) is 4.89. The molecule has 6 heteroatoms. The molecule has 0 aliphatic carbocycles. The van der Waals surface area contributed by atoms with Crippen LogP contribution in [0.25, 0.3) is 0 Å². The average Bonchev–Trinajstić information content (AvgIpc) is 2.69. The zero-order valence-electron chi connectivity index (χ0n) is 9.67. The van der Waals surface area contributed by atoms with Crippen LogP contribution in [-0.4, -0.2) is 29.3 Å². The second-order valence-electron chi connectivity index (χ2n) is 4.38. The Hall–Kier alpha value is -1.69. The van der Waals surface area contributed by atoms with Crippen molar-refractivity contribution in [2.75, 3.05) is 22.9 Å². The van der Waals surface area contributed by atoms with Gasteiger partial charge in [0, 0.05) is 24.3 Å². The quantitative estimate of drug-likeness (QED) is 0.568. The largest absolute Gasteiger partial charge is 0.478 e. The van der Waals surface area contributed by atoms with Gasteiger partial charge >= 0.3 is 5.97 Å². The van der Waals surface area contributed by atoms with Crippen molar-refractivity contribution in [1.82, 2.24) is 0 Å². The molecule has 18 heavy (non-hydrogen) atoms. The minimum atomic E-state index is -1.05. The Balaban J connectivity index is 2.34. The average molecular weight is 266 g/mol. The van der Waals surface area contributed by atoms with Gasteiger partial charge in [-0.15, -0.1) is 0 Å². The Morgan fingerprint density at radius 3 is 2.78 bits per heavy atom. The van der Waals surface area contributed by atoms with Crippen molar-refractivity contribution in [2.45, 2.75) is 6.42 Å². The van der Waals surface area contributed by atoms with Crippen molar-refractivity contribution in [1.29, 1.82) is 0 Å². The first kappa shape index (κ1) is 12.8. The van der Waals surface area contributed by atoms with Crippen molar-refractivity contribution in [3.8, 4) is 0 Å². The van der Waals surface area contributed by atoms with Gasteiger partial charge in [-0.3, -0.25) is 4.79 Å². The summed E-state index contributed by atoms with van der Waals surface area (Å²) in [6, 6.07) is 4.46. The highest BCUT2D eigenvalue weighted by atomic mass is 32.1. The van der Waals surface area contributed by atoms with Crippen LogP contribution in [0, 0.1) is 5.92 Å². The molecule has 96 valence electrons. The van der Waals surface area contributed by atoms with Gasteiger partial charge in [0.2, 0.25) is 5.91 Å². The Kier molecular flexibility index (Phi) is 3.47. The molecule has 1 fully saturated rings. The zero-order chi connectivity index (χ0) is 13.3. The van der Waals surface area contributed by atoms with Crippen molar-refractivity contribution in [2.24, 2.45) is 5.92 Å². The monoisotopic (exact) mass is 266 g/mol. The van der Waals surface area contributed by atoms with E-state index in [0.29, 0.717) is 30.1 Å². The molecule has 1 heterocycles. The number of carbonyl (C=O) groups excluding carboxylic acids is 1. The molecule has 5 nitrogen and oxygen atoms in total. The number of thiol groups is 1. The smallest absolute Gasteiger partial charge is 0.335 e. The van der Waals surface area contributed by atoms with E-state index in [1.165, 1.54) is 12.1 Å². The fourth-order valence-corrected chi connectivity index (χ4v) is 2.31. The van der Waals surface area contributed by atoms with Crippen LogP contribution in [0.5, 0.6) is 0 Å². The molecule has 2 rings (SSSR count). The Labute approximate surface area is 110 Å². The number of hydrogen-bond acceptors (Lipinski definition) is 4. The third kappa shape index (κ3) is 2.43. The first-order chi connectivity index (χ1) is 8.51. The number of aromatic carboxylic acids is 1. The first-order valence-electron chi connectivity index (χ1n) is 5.56. The summed E-state index contributed by atoms with van der Waals surface area (Å²) in [4.78, 5) is 24.4. The van der Waals surface area contributed by atoms with E-state index < -0.39 is 5.97 Å². The maximum Gasteiger partial charge on any atom is 0.335 e. The molecule has 1 atom stereocenters. The van der Waals surface area contributed by atoms with E-state index in [0.717, 1.165) is 0 Å². The van der Waals surface area contributed by atoms with E-state index in [2.05, 4.69) is 12.6 Å². The van der Waals surface area contributed by atoms with Crippen LogP contribution >= 0.6 is 12.6 Å². The fraction of sp³-hybridized carbons (Fsp3) is 0.333. The summed E-state index contributed by atoms with van der Waals surface area (Å²) in [7, 11) is 0. The number of nitrogens with two attached hydrogens (primary N) is 1. The van der Waals surface area contributed by atoms with Crippen LogP contribution in [0.4, 0.5) is 11.4 Å². The number of amides is 1. The fourth-order valence-electron chi connectivity index (χ4n) is 2.07. The number of carboxylic acid groups (broad SMARTS) is 1. The van der Waals surface area contributed by atoms with E-state index in [1.54, 1.807) is 11.0 Å². The van der Waals surface area contributed by atoms with Gasteiger partial charge in [-0.25, -0.2) is 4.79 Å². The first-order valence-corrected chi connectivity index (χ1v) is 6.19. The SMILES string of the molecule is Nc1cc(C(=O)O)cc(N2CC(CS)CC2=O)c1. The molecular weight excluding hydrogens is 252 g/mol. The number of rotatable bonds is 3.